The van der Waals surface area contributed by atoms with E-state index in [0.29, 0.717) is 38.5 Å². The Labute approximate surface area is 183 Å². The fourth-order valence-corrected chi connectivity index (χ4v) is 4.38. The first kappa shape index (κ1) is 23.7. The molecule has 30 heavy (non-hydrogen) atoms. The maximum Gasteiger partial charge on any atom is 0.329 e. The molecule has 3 rings (SSSR count). The summed E-state index contributed by atoms with van der Waals surface area (Å²) in [5.41, 5.74) is 9.63. The molecule has 0 spiro atoms. The zero-order valence-electron chi connectivity index (χ0n) is 16.9. The van der Waals surface area contributed by atoms with Gasteiger partial charge >= 0.3 is 5.82 Å². The van der Waals surface area contributed by atoms with Gasteiger partial charge in [-0.3, -0.25) is 11.6 Å². The summed E-state index contributed by atoms with van der Waals surface area (Å²) in [5.74, 6) is 5.79. The van der Waals surface area contributed by atoms with E-state index in [4.69, 9.17) is 11.6 Å². The summed E-state index contributed by atoms with van der Waals surface area (Å²) in [6, 6.07) is 9.55. The van der Waals surface area contributed by atoms with Crippen LogP contribution in [-0.4, -0.2) is 18.0 Å². The van der Waals surface area contributed by atoms with Crippen LogP contribution in [0.4, 0.5) is 10.2 Å². The first-order valence-corrected chi connectivity index (χ1v) is 11.0. The Bertz CT molecular complexity index is 1190. The normalized spacial score (nSPS) is 11.0. The minimum absolute atomic E-state index is 0.0851. The molecular weight excluding hydrogens is 475 g/mol. The van der Waals surface area contributed by atoms with E-state index in [-0.39, 0.29) is 10.7 Å². The number of nitrogen functional groups attached to an aromatic ring is 2. The maximum atomic E-state index is 13.2. The van der Waals surface area contributed by atoms with Crippen LogP contribution in [0.1, 0.15) is 22.4 Å². The topological polar surface area (TPSA) is 126 Å². The van der Waals surface area contributed by atoms with Crippen LogP contribution in [0.25, 0.3) is 11.3 Å². The van der Waals surface area contributed by atoms with Gasteiger partial charge in [0, 0.05) is 12.5 Å². The van der Waals surface area contributed by atoms with Crippen molar-refractivity contribution < 1.29 is 22.0 Å². The predicted molar refractivity (Wildman–Crippen MR) is 115 cm³/mol. The van der Waals surface area contributed by atoms with Crippen LogP contribution in [0.15, 0.2) is 45.9 Å². The van der Waals surface area contributed by atoms with Gasteiger partial charge in [0.25, 0.3) is 0 Å². The fourth-order valence-electron chi connectivity index (χ4n) is 3.10. The van der Waals surface area contributed by atoms with Gasteiger partial charge in [0.05, 0.1) is 4.90 Å². The van der Waals surface area contributed by atoms with E-state index < -0.39 is 10.1 Å². The number of hydrogen-bond donors (Lipinski definition) is 2. The lowest BCUT2D eigenvalue weighted by Crippen LogP contribution is -2.50. The van der Waals surface area contributed by atoms with Gasteiger partial charge in [0.15, 0.2) is 10.3 Å². The van der Waals surface area contributed by atoms with Gasteiger partial charge in [-0.25, -0.2) is 17.8 Å². The van der Waals surface area contributed by atoms with Gasteiger partial charge in [0.2, 0.25) is 0 Å². The summed E-state index contributed by atoms with van der Waals surface area (Å²) < 4.78 is 47.4. The van der Waals surface area contributed by atoms with Crippen LogP contribution in [0.3, 0.4) is 0 Å². The van der Waals surface area contributed by atoms with E-state index in [1.54, 1.807) is 45.0 Å². The summed E-state index contributed by atoms with van der Waals surface area (Å²) in [7, 11) is -4.33. The summed E-state index contributed by atoms with van der Waals surface area (Å²) in [5, 5.41) is 0. The smallest absolute Gasteiger partial charge is 0.329 e. The van der Waals surface area contributed by atoms with E-state index in [1.807, 2.05) is 6.92 Å². The summed E-state index contributed by atoms with van der Waals surface area (Å²) in [6.07, 6.45) is 0. The van der Waals surface area contributed by atoms with Crippen molar-refractivity contribution in [2.75, 3.05) is 11.6 Å². The largest absolute Gasteiger partial charge is 0.744 e. The Morgan fingerprint density at radius 1 is 1.10 bits per heavy atom. The van der Waals surface area contributed by atoms with Crippen molar-refractivity contribution in [1.29, 1.82) is 0 Å². The first-order chi connectivity index (χ1) is 13.8. The number of nitrogens with two attached hydrogens (primary N) is 2. The van der Waals surface area contributed by atoms with E-state index in [1.165, 1.54) is 16.8 Å². The molecule has 0 fully saturated rings. The molecule has 0 unspecified atom stereocenters. The van der Waals surface area contributed by atoms with E-state index in [0.717, 1.165) is 5.56 Å². The zero-order valence-corrected chi connectivity index (χ0v) is 19.3. The van der Waals surface area contributed by atoms with Gasteiger partial charge in [-0.15, -0.1) is 4.68 Å². The van der Waals surface area contributed by atoms with Crippen molar-refractivity contribution in [3.8, 4) is 11.3 Å². The van der Waals surface area contributed by atoms with Gasteiger partial charge in [-0.1, -0.05) is 29.8 Å². The highest BCUT2D eigenvalue weighted by Gasteiger charge is 2.18. The molecule has 0 saturated heterocycles. The Kier molecular flexibility index (Phi) is 7.17. The molecule has 2 aromatic carbocycles. The van der Waals surface area contributed by atoms with Crippen molar-refractivity contribution in [2.24, 2.45) is 0 Å². The molecular formula is C20H22BrFN4O3S. The van der Waals surface area contributed by atoms with Crippen LogP contribution >= 0.6 is 15.9 Å². The molecule has 4 N–H and O–H groups in total. The number of rotatable bonds is 2. The SMILES string of the molecule is Cc1c(-c2cccc(F)c2)nc(Br)c(N)[n+]1N.Cc1cc(C)c(S(=O)(=O)[O-])c(C)c1. The predicted octanol–water partition coefficient (Wildman–Crippen LogP) is 3.06. The van der Waals surface area contributed by atoms with Gasteiger partial charge in [-0.2, -0.15) is 0 Å². The number of aromatic nitrogens is 2. The second kappa shape index (κ2) is 9.07. The minimum atomic E-state index is -4.33. The highest BCUT2D eigenvalue weighted by Crippen LogP contribution is 2.24. The Hall–Kier alpha value is -2.56. The highest BCUT2D eigenvalue weighted by molar-refractivity contribution is 9.10. The second-order valence-corrected chi connectivity index (χ2v) is 8.85. The summed E-state index contributed by atoms with van der Waals surface area (Å²) in [4.78, 5) is 4.18. The number of benzene rings is 2. The van der Waals surface area contributed by atoms with E-state index in [2.05, 4.69) is 20.9 Å². The Balaban J connectivity index is 0.000000222. The monoisotopic (exact) mass is 496 g/mol. The van der Waals surface area contributed by atoms with Crippen LogP contribution in [0.2, 0.25) is 0 Å². The quantitative estimate of drug-likeness (QED) is 0.319. The van der Waals surface area contributed by atoms with Crippen LogP contribution in [0.5, 0.6) is 0 Å². The molecule has 1 heterocycles. The third-order valence-corrected chi connectivity index (χ3v) is 6.07. The first-order valence-electron chi connectivity index (χ1n) is 8.75. The molecule has 3 aromatic rings. The van der Waals surface area contributed by atoms with Gasteiger partial charge in [-0.05, 0) is 60.0 Å². The van der Waals surface area contributed by atoms with Crippen molar-refractivity contribution in [2.45, 2.75) is 32.6 Å². The standard InChI is InChI=1S/C11H10BrFN4.C9H12O3S/c1-6-9(7-3-2-4-8(13)5-7)16-10(12)11(14)17(6)15;1-6-4-7(2)9(8(3)5-6)13(10,11)12/h2-5,14H,15H2,1H3;4-5H,1-3H3,(H,10,11,12). The van der Waals surface area contributed by atoms with E-state index >= 15 is 0 Å². The molecule has 0 radical (unpaired) electrons. The average Bonchev–Trinajstić information content (AvgIpc) is 2.61. The van der Waals surface area contributed by atoms with Crippen molar-refractivity contribution in [3.63, 3.8) is 0 Å². The zero-order chi connectivity index (χ0) is 22.8. The molecule has 10 heteroatoms. The average molecular weight is 497 g/mol. The second-order valence-electron chi connectivity index (χ2n) is 6.78. The Morgan fingerprint density at radius 3 is 2.17 bits per heavy atom. The molecule has 0 aliphatic rings. The number of anilines is 1. The number of aryl methyl sites for hydroxylation is 3. The number of nitrogens with zero attached hydrogens (tertiary/aromatic N) is 2. The molecule has 0 atom stereocenters. The number of halogens is 2. The van der Waals surface area contributed by atoms with E-state index in [9.17, 15) is 17.4 Å². The van der Waals surface area contributed by atoms with Crippen LogP contribution in [-0.2, 0) is 10.1 Å². The van der Waals surface area contributed by atoms with Gasteiger partial charge in [0.1, 0.15) is 21.6 Å². The molecule has 1 aromatic heterocycles. The molecule has 0 aliphatic heterocycles. The minimum Gasteiger partial charge on any atom is -0.744 e. The molecule has 0 bridgehead atoms. The lowest BCUT2D eigenvalue weighted by molar-refractivity contribution is -0.630. The van der Waals surface area contributed by atoms with Crippen LogP contribution in [0, 0.1) is 33.5 Å². The van der Waals surface area contributed by atoms with Crippen molar-refractivity contribution >= 4 is 31.9 Å². The maximum absolute atomic E-state index is 13.2. The fraction of sp³-hybridized carbons (Fsp3) is 0.200. The lowest BCUT2D eigenvalue weighted by Gasteiger charge is -2.14. The molecule has 0 amide bonds. The third kappa shape index (κ3) is 5.32. The molecule has 0 aliphatic carbocycles. The van der Waals surface area contributed by atoms with Crippen molar-refractivity contribution in [1.82, 2.24) is 4.98 Å². The van der Waals surface area contributed by atoms with Gasteiger partial charge < -0.3 is 4.55 Å². The molecule has 7 nitrogen and oxygen atoms in total. The number of hydrogen-bond acceptors (Lipinski definition) is 6. The van der Waals surface area contributed by atoms with Crippen LogP contribution < -0.4 is 16.3 Å². The molecule has 160 valence electrons. The summed E-state index contributed by atoms with van der Waals surface area (Å²) in [6.45, 7) is 6.90. The summed E-state index contributed by atoms with van der Waals surface area (Å²) >= 11 is 3.22. The molecule has 0 saturated carbocycles. The van der Waals surface area contributed by atoms with Crippen molar-refractivity contribution in [3.05, 3.63) is 69.2 Å². The Morgan fingerprint density at radius 2 is 1.67 bits per heavy atom. The highest BCUT2D eigenvalue weighted by atomic mass is 79.9. The lowest BCUT2D eigenvalue weighted by atomic mass is 10.1. The third-order valence-electron chi connectivity index (χ3n) is 4.34.